The van der Waals surface area contributed by atoms with Gasteiger partial charge in [0, 0.05) is 29.1 Å². The van der Waals surface area contributed by atoms with Gasteiger partial charge in [-0.05, 0) is 73.1 Å². The molecule has 8 nitrogen and oxygen atoms in total. The molecule has 0 radical (unpaired) electrons. The number of aromatic nitrogens is 1. The first-order valence-corrected chi connectivity index (χ1v) is 13.8. The topological polar surface area (TPSA) is 111 Å². The highest BCUT2D eigenvalue weighted by Crippen LogP contribution is 2.35. The van der Waals surface area contributed by atoms with Crippen LogP contribution in [0.2, 0.25) is 0 Å². The molecule has 2 aromatic heterocycles. The molecule has 2 N–H and O–H groups in total. The Balaban J connectivity index is 1.31. The van der Waals surface area contributed by atoms with Crippen LogP contribution in [0, 0.1) is 6.92 Å². The highest BCUT2D eigenvalue weighted by Gasteiger charge is 2.28. The van der Waals surface area contributed by atoms with E-state index >= 15 is 0 Å². The van der Waals surface area contributed by atoms with E-state index in [1.165, 1.54) is 0 Å². The number of fused-ring (bicyclic) bond motifs is 4. The van der Waals surface area contributed by atoms with Crippen LogP contribution in [0.3, 0.4) is 0 Å². The monoisotopic (exact) mass is 550 g/mol. The minimum absolute atomic E-state index is 0.0647. The first-order valence-electron chi connectivity index (χ1n) is 13.8. The summed E-state index contributed by atoms with van der Waals surface area (Å²) < 4.78 is 17.1. The lowest BCUT2D eigenvalue weighted by atomic mass is 9.90. The van der Waals surface area contributed by atoms with Crippen LogP contribution in [-0.4, -0.2) is 23.1 Å². The molecule has 0 aliphatic heterocycles. The predicted octanol–water partition coefficient (Wildman–Crippen LogP) is 5.90. The summed E-state index contributed by atoms with van der Waals surface area (Å²) >= 11 is 0. The van der Waals surface area contributed by atoms with Crippen molar-refractivity contribution in [3.63, 3.8) is 0 Å². The van der Waals surface area contributed by atoms with Crippen LogP contribution in [0.1, 0.15) is 40.7 Å². The Morgan fingerprint density at radius 2 is 1.76 bits per heavy atom. The van der Waals surface area contributed by atoms with E-state index in [1.54, 1.807) is 12.1 Å². The average molecular weight is 551 g/mol. The normalized spacial score (nSPS) is 13.5. The Labute approximate surface area is 236 Å². The summed E-state index contributed by atoms with van der Waals surface area (Å²) in [5.41, 5.74) is 4.95. The van der Waals surface area contributed by atoms with Crippen LogP contribution in [0.4, 0.5) is 4.79 Å². The Hall–Kier alpha value is -4.85. The smallest absolute Gasteiger partial charge is 0.408 e. The molecule has 0 saturated carbocycles. The molecule has 8 heteroatoms. The number of esters is 1. The van der Waals surface area contributed by atoms with E-state index in [2.05, 4.69) is 10.3 Å². The summed E-state index contributed by atoms with van der Waals surface area (Å²) in [4.78, 5) is 42.5. The van der Waals surface area contributed by atoms with Gasteiger partial charge in [0.25, 0.3) is 0 Å². The average Bonchev–Trinajstić information content (AvgIpc) is 3.39. The van der Waals surface area contributed by atoms with Gasteiger partial charge in [0.1, 0.15) is 24.0 Å². The molecule has 3 aromatic carbocycles. The van der Waals surface area contributed by atoms with E-state index < -0.39 is 18.1 Å². The third kappa shape index (κ3) is 5.59. The lowest BCUT2D eigenvalue weighted by molar-refractivity contribution is -0.136. The van der Waals surface area contributed by atoms with E-state index in [1.807, 2.05) is 67.7 Å². The molecule has 0 spiro atoms. The van der Waals surface area contributed by atoms with Gasteiger partial charge in [-0.25, -0.2) is 14.4 Å². The van der Waals surface area contributed by atoms with Crippen molar-refractivity contribution >= 4 is 33.9 Å². The molecule has 0 bridgehead atoms. The Kier molecular flexibility index (Phi) is 7.29. The van der Waals surface area contributed by atoms with Crippen molar-refractivity contribution in [3.05, 3.63) is 111 Å². The Bertz CT molecular complexity index is 1800. The lowest BCUT2D eigenvalue weighted by Gasteiger charge is -2.21. The van der Waals surface area contributed by atoms with Crippen LogP contribution in [0.5, 0.6) is 5.75 Å². The molecule has 5 aromatic rings. The third-order valence-corrected chi connectivity index (χ3v) is 7.53. The van der Waals surface area contributed by atoms with Crippen LogP contribution in [0.25, 0.3) is 21.9 Å². The first-order chi connectivity index (χ1) is 20.0. The van der Waals surface area contributed by atoms with Crippen molar-refractivity contribution in [2.75, 3.05) is 0 Å². The van der Waals surface area contributed by atoms with Gasteiger partial charge in [-0.1, -0.05) is 48.5 Å². The molecule has 1 atom stereocenters. The van der Waals surface area contributed by atoms with Gasteiger partial charge in [-0.3, -0.25) is 0 Å². The summed E-state index contributed by atoms with van der Waals surface area (Å²) in [5, 5.41) is 4.30. The van der Waals surface area contributed by atoms with Crippen molar-refractivity contribution in [1.29, 1.82) is 0 Å². The first kappa shape index (κ1) is 26.4. The number of para-hydroxylation sites is 1. The van der Waals surface area contributed by atoms with Gasteiger partial charge < -0.3 is 24.2 Å². The van der Waals surface area contributed by atoms with Crippen molar-refractivity contribution in [1.82, 2.24) is 10.3 Å². The largest absolute Gasteiger partial charge is 0.445 e. The fourth-order valence-corrected chi connectivity index (χ4v) is 5.55. The van der Waals surface area contributed by atoms with E-state index in [4.69, 9.17) is 13.9 Å². The van der Waals surface area contributed by atoms with Gasteiger partial charge in [0.2, 0.25) is 0 Å². The fourth-order valence-electron chi connectivity index (χ4n) is 5.55. The maximum Gasteiger partial charge on any atom is 0.408 e. The van der Waals surface area contributed by atoms with Crippen LogP contribution in [0.15, 0.2) is 82.1 Å². The third-order valence-electron chi connectivity index (χ3n) is 7.53. The number of benzene rings is 3. The van der Waals surface area contributed by atoms with Crippen LogP contribution in [-0.2, 0) is 35.4 Å². The molecular formula is C33H30N2O6. The van der Waals surface area contributed by atoms with Crippen molar-refractivity contribution in [2.24, 2.45) is 0 Å². The van der Waals surface area contributed by atoms with Gasteiger partial charge >= 0.3 is 17.7 Å². The van der Waals surface area contributed by atoms with Crippen LogP contribution < -0.4 is 15.7 Å². The molecule has 1 aliphatic carbocycles. The number of alkyl carbamates (subject to hydrolysis) is 1. The molecule has 0 fully saturated rings. The number of aromatic amines is 1. The highest BCUT2D eigenvalue weighted by atomic mass is 16.6. The lowest BCUT2D eigenvalue weighted by Crippen LogP contribution is -2.44. The second-order valence-electron chi connectivity index (χ2n) is 10.4. The number of amides is 1. The molecule has 1 unspecified atom stereocenters. The minimum Gasteiger partial charge on any atom is -0.445 e. The van der Waals surface area contributed by atoms with Gasteiger partial charge in [-0.15, -0.1) is 0 Å². The van der Waals surface area contributed by atoms with E-state index in [0.717, 1.165) is 46.0 Å². The van der Waals surface area contributed by atoms with Gasteiger partial charge in [0.05, 0.1) is 5.39 Å². The molecule has 1 aliphatic rings. The quantitative estimate of drug-likeness (QED) is 0.148. The number of aryl methyl sites for hydroxylation is 2. The van der Waals surface area contributed by atoms with Gasteiger partial charge in [-0.2, -0.15) is 0 Å². The fraction of sp³-hybridized carbons (Fsp3) is 0.242. The van der Waals surface area contributed by atoms with Crippen molar-refractivity contribution in [2.45, 2.75) is 51.7 Å². The number of hydrogen-bond donors (Lipinski definition) is 2. The summed E-state index contributed by atoms with van der Waals surface area (Å²) in [6.45, 7) is 1.91. The second kappa shape index (κ2) is 11.3. The molecular weight excluding hydrogens is 520 g/mol. The zero-order valence-electron chi connectivity index (χ0n) is 22.7. The molecule has 2 heterocycles. The van der Waals surface area contributed by atoms with Crippen molar-refractivity contribution in [3.8, 4) is 5.75 Å². The molecule has 6 rings (SSSR count). The number of H-pyrrole nitrogens is 1. The zero-order valence-corrected chi connectivity index (χ0v) is 22.7. The second-order valence-corrected chi connectivity index (χ2v) is 10.4. The highest BCUT2D eigenvalue weighted by molar-refractivity contribution is 5.93. The number of ether oxygens (including phenoxy) is 2. The summed E-state index contributed by atoms with van der Waals surface area (Å²) in [6, 6.07) is 19.6. The molecule has 41 heavy (non-hydrogen) atoms. The summed E-state index contributed by atoms with van der Waals surface area (Å²) in [7, 11) is 0. The van der Waals surface area contributed by atoms with Crippen molar-refractivity contribution < 1.29 is 23.5 Å². The molecule has 0 saturated heterocycles. The minimum atomic E-state index is -1.04. The maximum absolute atomic E-state index is 13.8. The number of carbonyl (C=O) groups is 2. The predicted molar refractivity (Wildman–Crippen MR) is 155 cm³/mol. The molecule has 208 valence electrons. The summed E-state index contributed by atoms with van der Waals surface area (Å²) in [5.74, 6) is -0.329. The summed E-state index contributed by atoms with van der Waals surface area (Å²) in [6.07, 6.45) is 4.46. The molecule has 1 amide bonds. The SMILES string of the molecule is Cc1cc(OC(=O)C(Cc2c[nH]c3ccccc23)NC(=O)OCc2ccccc2)c2c3c(c(=O)oc2c1)CCCC3. The van der Waals surface area contributed by atoms with E-state index in [0.29, 0.717) is 35.1 Å². The number of hydrogen-bond acceptors (Lipinski definition) is 6. The number of carbonyl (C=O) groups excluding carboxylic acids is 2. The van der Waals surface area contributed by atoms with Crippen LogP contribution >= 0.6 is 0 Å². The Morgan fingerprint density at radius 3 is 2.59 bits per heavy atom. The van der Waals surface area contributed by atoms with E-state index in [-0.39, 0.29) is 18.7 Å². The maximum atomic E-state index is 13.8. The number of rotatable bonds is 7. The van der Waals surface area contributed by atoms with Gasteiger partial charge in [0.15, 0.2) is 0 Å². The van der Waals surface area contributed by atoms with E-state index in [9.17, 15) is 14.4 Å². The number of nitrogens with one attached hydrogen (secondary N) is 2. The Morgan fingerprint density at radius 1 is 1.00 bits per heavy atom. The standard InChI is InChI=1S/C33H30N2O6/c1-20-15-28-30(24-12-5-6-13-25(24)31(36)40-28)29(16-20)41-32(37)27(17-22-18-34-26-14-8-7-11-23(22)26)35-33(38)39-19-21-9-3-2-4-10-21/h2-4,7-11,14-16,18,27,34H,5-6,12-13,17,19H2,1H3,(H,35,38). The zero-order chi connectivity index (χ0) is 28.3.